The van der Waals surface area contributed by atoms with Gasteiger partial charge < -0.3 is 15.7 Å². The fourth-order valence-electron chi connectivity index (χ4n) is 1.68. The Hall–Kier alpha value is -1.80. The molecule has 0 unspecified atom stereocenters. The van der Waals surface area contributed by atoms with E-state index in [-0.39, 0.29) is 5.84 Å². The first-order valence-electron chi connectivity index (χ1n) is 6.28. The number of nitrogens with zero attached hydrogens (tertiary/aromatic N) is 3. The number of methoxy groups -OCH3 is 1. The van der Waals surface area contributed by atoms with Crippen LogP contribution in [0.15, 0.2) is 27.7 Å². The van der Waals surface area contributed by atoms with Crippen molar-refractivity contribution in [3.05, 3.63) is 35.2 Å². The van der Waals surface area contributed by atoms with E-state index in [4.69, 9.17) is 15.7 Å². The third-order valence-electron chi connectivity index (χ3n) is 2.78. The number of aryl methyl sites for hydroxylation is 1. The first-order valence-corrected chi connectivity index (χ1v) is 8.04. The quantitative estimate of drug-likeness (QED) is 0.279. The van der Waals surface area contributed by atoms with E-state index in [2.05, 4.69) is 14.5 Å². The molecule has 0 amide bonds. The number of benzene rings is 1. The molecule has 0 fully saturated rings. The average Bonchev–Trinajstić information content (AvgIpc) is 3.00. The van der Waals surface area contributed by atoms with Crippen LogP contribution in [0.5, 0.6) is 5.75 Å². The van der Waals surface area contributed by atoms with E-state index >= 15 is 0 Å². The minimum absolute atomic E-state index is 0.0303. The minimum Gasteiger partial charge on any atom is -0.496 e. The van der Waals surface area contributed by atoms with Crippen molar-refractivity contribution >= 4 is 29.1 Å². The second-order valence-corrected chi connectivity index (χ2v) is 6.11. The molecule has 0 aliphatic heterocycles. The van der Waals surface area contributed by atoms with Gasteiger partial charge in [0.15, 0.2) is 10.2 Å². The van der Waals surface area contributed by atoms with Gasteiger partial charge in [0.05, 0.1) is 12.7 Å². The molecule has 0 saturated heterocycles. The lowest BCUT2D eigenvalue weighted by atomic mass is 10.1. The van der Waals surface area contributed by atoms with Crippen molar-refractivity contribution in [2.45, 2.75) is 23.4 Å². The highest BCUT2D eigenvalue weighted by Gasteiger charge is 2.10. The van der Waals surface area contributed by atoms with E-state index in [1.165, 1.54) is 11.5 Å². The molecule has 0 spiro atoms. The monoisotopic (exact) mass is 324 g/mol. The van der Waals surface area contributed by atoms with Gasteiger partial charge in [0.25, 0.3) is 0 Å². The Morgan fingerprint density at radius 2 is 2.33 bits per heavy atom. The van der Waals surface area contributed by atoms with E-state index in [0.29, 0.717) is 11.3 Å². The van der Waals surface area contributed by atoms with Crippen LogP contribution in [0.2, 0.25) is 0 Å². The molecule has 1 aromatic heterocycles. The Morgan fingerprint density at radius 3 is 2.95 bits per heavy atom. The van der Waals surface area contributed by atoms with Crippen molar-refractivity contribution in [1.29, 1.82) is 0 Å². The lowest BCUT2D eigenvalue weighted by molar-refractivity contribution is 0.318. The zero-order valence-electron chi connectivity index (χ0n) is 11.7. The van der Waals surface area contributed by atoms with Crippen LogP contribution in [0.25, 0.3) is 0 Å². The Balaban J connectivity index is 2.10. The minimum atomic E-state index is 0.0303. The molecular weight excluding hydrogens is 308 g/mol. The number of oxime groups is 1. The molecule has 0 bridgehead atoms. The maximum absolute atomic E-state index is 8.74. The summed E-state index contributed by atoms with van der Waals surface area (Å²) in [7, 11) is 1.55. The number of aromatic nitrogens is 2. The van der Waals surface area contributed by atoms with Crippen molar-refractivity contribution in [2.75, 3.05) is 7.11 Å². The summed E-state index contributed by atoms with van der Waals surface area (Å²) in [6.07, 6.45) is 0.847. The van der Waals surface area contributed by atoms with Crippen LogP contribution >= 0.6 is 23.3 Å². The number of nitrogens with two attached hydrogens (primary N) is 1. The van der Waals surface area contributed by atoms with Gasteiger partial charge in [-0.25, -0.2) is 4.98 Å². The Labute approximate surface area is 131 Å². The maximum atomic E-state index is 8.74. The van der Waals surface area contributed by atoms with Crippen molar-refractivity contribution in [1.82, 2.24) is 9.36 Å². The molecule has 1 aromatic carbocycles. The Morgan fingerprint density at radius 1 is 1.52 bits per heavy atom. The highest BCUT2D eigenvalue weighted by Crippen LogP contribution is 2.27. The zero-order chi connectivity index (χ0) is 15.2. The zero-order valence-corrected chi connectivity index (χ0v) is 13.4. The lowest BCUT2D eigenvalue weighted by Gasteiger charge is -2.09. The third-order valence-corrected chi connectivity index (χ3v) is 4.72. The van der Waals surface area contributed by atoms with E-state index in [1.54, 1.807) is 24.9 Å². The van der Waals surface area contributed by atoms with E-state index in [0.717, 1.165) is 27.9 Å². The van der Waals surface area contributed by atoms with Crippen LogP contribution in [0.4, 0.5) is 0 Å². The van der Waals surface area contributed by atoms with Crippen LogP contribution in [0.3, 0.4) is 0 Å². The molecule has 2 rings (SSSR count). The molecule has 0 atom stereocenters. The van der Waals surface area contributed by atoms with Crippen LogP contribution in [0.1, 0.15) is 23.9 Å². The summed E-state index contributed by atoms with van der Waals surface area (Å²) in [5.74, 6) is 2.24. The number of thioether (sulfide) groups is 1. The maximum Gasteiger partial charge on any atom is 0.173 e. The molecule has 112 valence electrons. The normalized spacial score (nSPS) is 11.6. The number of amidine groups is 1. The third kappa shape index (κ3) is 3.85. The van der Waals surface area contributed by atoms with E-state index in [9.17, 15) is 0 Å². The summed E-state index contributed by atoms with van der Waals surface area (Å²) in [5.41, 5.74) is 7.24. The predicted molar refractivity (Wildman–Crippen MR) is 84.4 cm³/mol. The summed E-state index contributed by atoms with van der Waals surface area (Å²) < 4.78 is 10.5. The molecule has 1 heterocycles. The number of hydrogen-bond donors (Lipinski definition) is 2. The SMILES string of the molecule is CCc1nsc(SCc2ccc(/C(N)=N/O)c(OC)c2)n1. The average molecular weight is 324 g/mol. The van der Waals surface area contributed by atoms with Gasteiger partial charge in [0.1, 0.15) is 11.6 Å². The van der Waals surface area contributed by atoms with E-state index in [1.807, 2.05) is 19.1 Å². The highest BCUT2D eigenvalue weighted by molar-refractivity contribution is 8.00. The van der Waals surface area contributed by atoms with E-state index < -0.39 is 0 Å². The fourth-order valence-corrected chi connectivity index (χ4v) is 3.31. The second kappa shape index (κ2) is 7.28. The molecule has 0 aliphatic rings. The summed E-state index contributed by atoms with van der Waals surface area (Å²) in [5, 5.41) is 11.7. The summed E-state index contributed by atoms with van der Waals surface area (Å²) in [6.45, 7) is 2.03. The highest BCUT2D eigenvalue weighted by atomic mass is 32.2. The number of ether oxygens (including phenoxy) is 1. The van der Waals surface area contributed by atoms with Crippen molar-refractivity contribution in [3.63, 3.8) is 0 Å². The van der Waals surface area contributed by atoms with Crippen LogP contribution < -0.4 is 10.5 Å². The Kier molecular flexibility index (Phi) is 5.40. The van der Waals surface area contributed by atoms with Crippen LogP contribution in [0, 0.1) is 0 Å². The van der Waals surface area contributed by atoms with Crippen molar-refractivity contribution in [3.8, 4) is 5.75 Å². The second-order valence-electron chi connectivity index (χ2n) is 4.14. The molecule has 2 aromatic rings. The van der Waals surface area contributed by atoms with Crippen LogP contribution in [-0.2, 0) is 12.2 Å². The number of rotatable bonds is 6. The molecule has 0 radical (unpaired) electrons. The van der Waals surface area contributed by atoms with Gasteiger partial charge in [-0.1, -0.05) is 29.9 Å². The standard InChI is InChI=1S/C13H16N4O2S2/c1-3-11-15-13(21-17-11)20-7-8-4-5-9(12(14)16-18)10(6-8)19-2/h4-6,18H,3,7H2,1-2H3,(H2,14,16). The largest absolute Gasteiger partial charge is 0.496 e. The molecule has 0 saturated carbocycles. The fraction of sp³-hybridized carbons (Fsp3) is 0.308. The van der Waals surface area contributed by atoms with Crippen molar-refractivity contribution in [2.24, 2.45) is 10.9 Å². The van der Waals surface area contributed by atoms with Crippen molar-refractivity contribution < 1.29 is 9.94 Å². The Bertz CT molecular complexity index is 643. The van der Waals surface area contributed by atoms with Gasteiger partial charge in [-0.2, -0.15) is 4.37 Å². The first-order chi connectivity index (χ1) is 10.2. The van der Waals surface area contributed by atoms with Gasteiger partial charge in [0, 0.05) is 12.2 Å². The van der Waals surface area contributed by atoms with Gasteiger partial charge >= 0.3 is 0 Å². The van der Waals surface area contributed by atoms with Gasteiger partial charge in [-0.15, -0.1) is 0 Å². The van der Waals surface area contributed by atoms with Crippen LogP contribution in [-0.4, -0.2) is 27.5 Å². The molecule has 6 nitrogen and oxygen atoms in total. The molecular formula is C13H16N4O2S2. The predicted octanol–water partition coefficient (Wildman–Crippen LogP) is 2.50. The van der Waals surface area contributed by atoms with Gasteiger partial charge in [-0.05, 0) is 29.2 Å². The summed E-state index contributed by atoms with van der Waals surface area (Å²) >= 11 is 3.04. The smallest absolute Gasteiger partial charge is 0.173 e. The molecule has 21 heavy (non-hydrogen) atoms. The molecule has 0 aliphatic carbocycles. The molecule has 8 heteroatoms. The van der Waals surface area contributed by atoms with Gasteiger partial charge in [0.2, 0.25) is 0 Å². The van der Waals surface area contributed by atoms with Gasteiger partial charge in [-0.3, -0.25) is 0 Å². The summed E-state index contributed by atoms with van der Waals surface area (Å²) in [6, 6.07) is 5.58. The molecule has 3 N–H and O–H groups in total. The summed E-state index contributed by atoms with van der Waals surface area (Å²) in [4.78, 5) is 4.41. The first kappa shape index (κ1) is 15.6. The lowest BCUT2D eigenvalue weighted by Crippen LogP contribution is -2.14. The topological polar surface area (TPSA) is 93.6 Å². The number of hydrogen-bond acceptors (Lipinski definition) is 7.